The summed E-state index contributed by atoms with van der Waals surface area (Å²) in [5.41, 5.74) is 2.27. The van der Waals surface area contributed by atoms with Gasteiger partial charge in [-0.25, -0.2) is 0 Å². The normalized spacial score (nSPS) is 10.4. The summed E-state index contributed by atoms with van der Waals surface area (Å²) >= 11 is 0. The number of nitrogens with zero attached hydrogens (tertiary/aromatic N) is 2. The molecule has 0 spiro atoms. The summed E-state index contributed by atoms with van der Waals surface area (Å²) in [5.74, 6) is 1.19. The third kappa shape index (κ3) is 1.66. The van der Waals surface area contributed by atoms with Crippen molar-refractivity contribution < 1.29 is 4.42 Å². The van der Waals surface area contributed by atoms with Crippen molar-refractivity contribution in [3.63, 3.8) is 0 Å². The van der Waals surface area contributed by atoms with E-state index >= 15 is 0 Å². The largest absolute Gasteiger partial charge is 0.421 e. The van der Waals surface area contributed by atoms with E-state index in [9.17, 15) is 0 Å². The maximum atomic E-state index is 5.35. The van der Waals surface area contributed by atoms with E-state index in [-0.39, 0.29) is 0 Å². The van der Waals surface area contributed by atoms with E-state index in [1.807, 2.05) is 12.1 Å². The van der Waals surface area contributed by atoms with Gasteiger partial charge in [-0.2, -0.15) is 0 Å². The third-order valence-corrected chi connectivity index (χ3v) is 2.11. The van der Waals surface area contributed by atoms with Gasteiger partial charge in [-0.15, -0.1) is 10.2 Å². The van der Waals surface area contributed by atoms with Crippen molar-refractivity contribution in [1.29, 1.82) is 0 Å². The Hall–Kier alpha value is -1.64. The zero-order valence-electron chi connectivity index (χ0n) is 8.32. The molecule has 0 saturated heterocycles. The average molecular weight is 188 g/mol. The molecule has 1 heterocycles. The predicted molar refractivity (Wildman–Crippen MR) is 53.8 cm³/mol. The van der Waals surface area contributed by atoms with Crippen LogP contribution in [0.2, 0.25) is 0 Å². The number of hydrogen-bond donors (Lipinski definition) is 0. The number of aromatic nitrogens is 2. The van der Waals surface area contributed by atoms with Gasteiger partial charge in [0.1, 0.15) is 0 Å². The molecule has 3 nitrogen and oxygen atoms in total. The highest BCUT2D eigenvalue weighted by Crippen LogP contribution is 2.18. The van der Waals surface area contributed by atoms with Crippen LogP contribution in [-0.2, 0) is 6.42 Å². The SMILES string of the molecule is CCc1cccc(-c2nnc(C)o2)c1. The van der Waals surface area contributed by atoms with Gasteiger partial charge in [0.05, 0.1) is 0 Å². The van der Waals surface area contributed by atoms with Crippen LogP contribution in [0.25, 0.3) is 11.5 Å². The number of rotatable bonds is 2. The standard InChI is InChI=1S/C11H12N2O/c1-3-9-5-4-6-10(7-9)11-13-12-8(2)14-11/h4-7H,3H2,1-2H3. The first-order valence-electron chi connectivity index (χ1n) is 4.69. The van der Waals surface area contributed by atoms with E-state index < -0.39 is 0 Å². The van der Waals surface area contributed by atoms with Crippen LogP contribution in [0.4, 0.5) is 0 Å². The van der Waals surface area contributed by atoms with Gasteiger partial charge < -0.3 is 4.42 Å². The lowest BCUT2D eigenvalue weighted by atomic mass is 10.1. The molecular weight excluding hydrogens is 176 g/mol. The van der Waals surface area contributed by atoms with Gasteiger partial charge in [-0.1, -0.05) is 19.1 Å². The Labute approximate surface area is 82.8 Å². The van der Waals surface area contributed by atoms with E-state index in [1.54, 1.807) is 6.92 Å². The Kier molecular flexibility index (Phi) is 2.31. The van der Waals surface area contributed by atoms with E-state index in [2.05, 4.69) is 29.3 Å². The lowest BCUT2D eigenvalue weighted by molar-refractivity contribution is 0.532. The monoisotopic (exact) mass is 188 g/mol. The summed E-state index contributed by atoms with van der Waals surface area (Å²) < 4.78 is 5.35. The molecule has 0 bridgehead atoms. The number of aryl methyl sites for hydroxylation is 2. The number of benzene rings is 1. The van der Waals surface area contributed by atoms with Crippen molar-refractivity contribution in [2.45, 2.75) is 20.3 Å². The van der Waals surface area contributed by atoms with Crippen LogP contribution in [0.5, 0.6) is 0 Å². The van der Waals surface area contributed by atoms with Gasteiger partial charge in [-0.3, -0.25) is 0 Å². The molecule has 0 aliphatic heterocycles. The topological polar surface area (TPSA) is 38.9 Å². The molecule has 2 rings (SSSR count). The Morgan fingerprint density at radius 2 is 2.14 bits per heavy atom. The molecule has 0 amide bonds. The van der Waals surface area contributed by atoms with Crippen molar-refractivity contribution >= 4 is 0 Å². The van der Waals surface area contributed by atoms with Crippen molar-refractivity contribution in [2.75, 3.05) is 0 Å². The van der Waals surface area contributed by atoms with Crippen LogP contribution >= 0.6 is 0 Å². The van der Waals surface area contributed by atoms with Crippen LogP contribution in [-0.4, -0.2) is 10.2 Å². The highest BCUT2D eigenvalue weighted by atomic mass is 16.4. The Morgan fingerprint density at radius 1 is 1.29 bits per heavy atom. The fraction of sp³-hybridized carbons (Fsp3) is 0.273. The molecule has 0 saturated carbocycles. The lowest BCUT2D eigenvalue weighted by Gasteiger charge is -1.98. The van der Waals surface area contributed by atoms with E-state index in [1.165, 1.54) is 5.56 Å². The molecule has 1 aromatic heterocycles. The quantitative estimate of drug-likeness (QED) is 0.727. The first-order chi connectivity index (χ1) is 6.79. The molecule has 0 aliphatic rings. The second kappa shape index (κ2) is 3.62. The van der Waals surface area contributed by atoms with Crippen LogP contribution in [0.1, 0.15) is 18.4 Å². The summed E-state index contributed by atoms with van der Waals surface area (Å²) in [6.07, 6.45) is 1.01. The van der Waals surface area contributed by atoms with E-state index in [4.69, 9.17) is 4.42 Å². The first kappa shape index (κ1) is 8.94. The van der Waals surface area contributed by atoms with Crippen LogP contribution < -0.4 is 0 Å². The zero-order valence-corrected chi connectivity index (χ0v) is 8.32. The Balaban J connectivity index is 2.41. The minimum Gasteiger partial charge on any atom is -0.421 e. The van der Waals surface area contributed by atoms with Crippen LogP contribution in [0.3, 0.4) is 0 Å². The second-order valence-corrected chi connectivity index (χ2v) is 3.18. The molecule has 0 fully saturated rings. The third-order valence-electron chi connectivity index (χ3n) is 2.11. The first-order valence-corrected chi connectivity index (χ1v) is 4.69. The highest BCUT2D eigenvalue weighted by molar-refractivity contribution is 5.53. The molecule has 3 heteroatoms. The smallest absolute Gasteiger partial charge is 0.247 e. The van der Waals surface area contributed by atoms with Crippen molar-refractivity contribution in [3.8, 4) is 11.5 Å². The molecule has 14 heavy (non-hydrogen) atoms. The minimum absolute atomic E-state index is 0.595. The zero-order chi connectivity index (χ0) is 9.97. The fourth-order valence-corrected chi connectivity index (χ4v) is 1.34. The molecule has 0 radical (unpaired) electrons. The van der Waals surface area contributed by atoms with Gasteiger partial charge in [0, 0.05) is 12.5 Å². The summed E-state index contributed by atoms with van der Waals surface area (Å²) in [6, 6.07) is 8.15. The molecular formula is C11H12N2O. The predicted octanol–water partition coefficient (Wildman–Crippen LogP) is 2.61. The highest BCUT2D eigenvalue weighted by Gasteiger charge is 2.05. The van der Waals surface area contributed by atoms with Gasteiger partial charge in [-0.05, 0) is 24.1 Å². The van der Waals surface area contributed by atoms with Crippen LogP contribution in [0, 0.1) is 6.92 Å². The van der Waals surface area contributed by atoms with Crippen molar-refractivity contribution in [1.82, 2.24) is 10.2 Å². The molecule has 0 N–H and O–H groups in total. The van der Waals surface area contributed by atoms with Crippen molar-refractivity contribution in [3.05, 3.63) is 35.7 Å². The van der Waals surface area contributed by atoms with E-state index in [0.717, 1.165) is 12.0 Å². The molecule has 72 valence electrons. The minimum atomic E-state index is 0.595. The van der Waals surface area contributed by atoms with Crippen LogP contribution in [0.15, 0.2) is 28.7 Å². The fourth-order valence-electron chi connectivity index (χ4n) is 1.34. The summed E-state index contributed by atoms with van der Waals surface area (Å²) in [6.45, 7) is 3.92. The van der Waals surface area contributed by atoms with Gasteiger partial charge in [0.2, 0.25) is 11.8 Å². The lowest BCUT2D eigenvalue weighted by Crippen LogP contribution is -1.82. The summed E-state index contributed by atoms with van der Waals surface area (Å²) in [7, 11) is 0. The van der Waals surface area contributed by atoms with E-state index in [0.29, 0.717) is 11.8 Å². The number of hydrogen-bond acceptors (Lipinski definition) is 3. The van der Waals surface area contributed by atoms with Gasteiger partial charge >= 0.3 is 0 Å². The summed E-state index contributed by atoms with van der Waals surface area (Å²) in [4.78, 5) is 0. The second-order valence-electron chi connectivity index (χ2n) is 3.18. The molecule has 1 aromatic carbocycles. The maximum absolute atomic E-state index is 5.35. The molecule has 0 aliphatic carbocycles. The van der Waals surface area contributed by atoms with Crippen molar-refractivity contribution in [2.24, 2.45) is 0 Å². The Morgan fingerprint density at radius 3 is 2.79 bits per heavy atom. The Bertz CT molecular complexity index is 434. The van der Waals surface area contributed by atoms with Gasteiger partial charge in [0.25, 0.3) is 0 Å². The molecule has 0 atom stereocenters. The molecule has 0 unspecified atom stereocenters. The molecule has 2 aromatic rings. The van der Waals surface area contributed by atoms with Gasteiger partial charge in [0.15, 0.2) is 0 Å². The maximum Gasteiger partial charge on any atom is 0.247 e. The summed E-state index contributed by atoms with van der Waals surface area (Å²) in [5, 5.41) is 7.78. The average Bonchev–Trinajstić information content (AvgIpc) is 2.65.